The first-order chi connectivity index (χ1) is 13.7. The van der Waals surface area contributed by atoms with Crippen molar-refractivity contribution in [1.29, 1.82) is 0 Å². The average molecular weight is 424 g/mol. The minimum absolute atomic E-state index is 0.142. The molecule has 2 N–H and O–H groups in total. The second-order valence-corrected chi connectivity index (χ2v) is 6.28. The Kier molecular flexibility index (Phi) is 5.88. The van der Waals surface area contributed by atoms with Gasteiger partial charge in [-0.25, -0.2) is 9.97 Å². The SMILES string of the molecule is O=C(Nc1cnc(OCC(F)(F)F)c(-c2ccc(Cl)cc2)c1)c1ccnc(O)c1. The molecular formula is C19H13ClF3N3O3. The Hall–Kier alpha value is -3.33. The highest BCUT2D eigenvalue weighted by atomic mass is 35.5. The summed E-state index contributed by atoms with van der Waals surface area (Å²) in [5.41, 5.74) is 1.09. The molecule has 0 unspecified atom stereocenters. The van der Waals surface area contributed by atoms with Crippen LogP contribution < -0.4 is 10.1 Å². The zero-order chi connectivity index (χ0) is 21.0. The minimum atomic E-state index is -4.53. The van der Waals surface area contributed by atoms with Gasteiger partial charge < -0.3 is 15.2 Å². The fourth-order valence-corrected chi connectivity index (χ4v) is 2.51. The Balaban J connectivity index is 1.92. The molecule has 0 saturated carbocycles. The minimum Gasteiger partial charge on any atom is -0.493 e. The maximum absolute atomic E-state index is 12.5. The Morgan fingerprint density at radius 1 is 1.14 bits per heavy atom. The van der Waals surface area contributed by atoms with E-state index in [0.717, 1.165) is 0 Å². The zero-order valence-electron chi connectivity index (χ0n) is 14.6. The lowest BCUT2D eigenvalue weighted by molar-refractivity contribution is -0.154. The number of hydrogen-bond acceptors (Lipinski definition) is 5. The number of hydrogen-bond donors (Lipinski definition) is 2. The van der Waals surface area contributed by atoms with E-state index in [1.807, 2.05) is 0 Å². The summed E-state index contributed by atoms with van der Waals surface area (Å²) < 4.78 is 42.5. The number of carbonyl (C=O) groups is 1. The van der Waals surface area contributed by atoms with Crippen LogP contribution in [0.3, 0.4) is 0 Å². The van der Waals surface area contributed by atoms with Gasteiger partial charge in [-0.3, -0.25) is 4.79 Å². The smallest absolute Gasteiger partial charge is 0.422 e. The maximum Gasteiger partial charge on any atom is 0.422 e. The van der Waals surface area contributed by atoms with Gasteiger partial charge in [0, 0.05) is 28.4 Å². The number of carbonyl (C=O) groups excluding carboxylic acids is 1. The van der Waals surface area contributed by atoms with E-state index < -0.39 is 18.7 Å². The average Bonchev–Trinajstić information content (AvgIpc) is 2.67. The number of alkyl halides is 3. The van der Waals surface area contributed by atoms with Crippen LogP contribution >= 0.6 is 11.6 Å². The molecule has 0 aliphatic heterocycles. The van der Waals surface area contributed by atoms with Gasteiger partial charge in [0.25, 0.3) is 5.91 Å². The van der Waals surface area contributed by atoms with Gasteiger partial charge in [0.2, 0.25) is 11.8 Å². The van der Waals surface area contributed by atoms with Gasteiger partial charge in [-0.05, 0) is 29.8 Å². The van der Waals surface area contributed by atoms with E-state index >= 15 is 0 Å². The molecule has 0 atom stereocenters. The first-order valence-electron chi connectivity index (χ1n) is 8.13. The maximum atomic E-state index is 12.5. The predicted octanol–water partition coefficient (Wildman–Crippen LogP) is 4.70. The number of benzene rings is 1. The number of nitrogens with one attached hydrogen (secondary N) is 1. The molecule has 2 aromatic heterocycles. The normalized spacial score (nSPS) is 11.2. The van der Waals surface area contributed by atoms with Crippen LogP contribution in [0.25, 0.3) is 11.1 Å². The van der Waals surface area contributed by atoms with Crippen molar-refractivity contribution in [3.05, 3.63) is 65.4 Å². The van der Waals surface area contributed by atoms with Gasteiger partial charge >= 0.3 is 6.18 Å². The van der Waals surface area contributed by atoms with E-state index in [4.69, 9.17) is 16.3 Å². The first kappa shape index (κ1) is 20.4. The fraction of sp³-hybridized carbons (Fsp3) is 0.105. The van der Waals surface area contributed by atoms with Crippen molar-refractivity contribution in [2.45, 2.75) is 6.18 Å². The number of ether oxygens (including phenoxy) is 1. The van der Waals surface area contributed by atoms with Crippen LogP contribution in [0, 0.1) is 0 Å². The molecule has 0 aliphatic carbocycles. The van der Waals surface area contributed by atoms with E-state index in [0.29, 0.717) is 10.6 Å². The third-order valence-electron chi connectivity index (χ3n) is 3.64. The second kappa shape index (κ2) is 8.36. The van der Waals surface area contributed by atoms with Crippen LogP contribution in [0.4, 0.5) is 18.9 Å². The molecule has 2 heterocycles. The number of rotatable bonds is 5. The highest BCUT2D eigenvalue weighted by Gasteiger charge is 2.29. The summed E-state index contributed by atoms with van der Waals surface area (Å²) in [5, 5.41) is 12.4. The summed E-state index contributed by atoms with van der Waals surface area (Å²) >= 11 is 5.86. The fourth-order valence-electron chi connectivity index (χ4n) is 2.38. The predicted molar refractivity (Wildman–Crippen MR) is 100 cm³/mol. The summed E-state index contributed by atoms with van der Waals surface area (Å²) in [6.45, 7) is -1.51. The summed E-state index contributed by atoms with van der Waals surface area (Å²) in [6.07, 6.45) is -2.10. The molecule has 0 saturated heterocycles. The van der Waals surface area contributed by atoms with Crippen molar-refractivity contribution in [3.63, 3.8) is 0 Å². The topological polar surface area (TPSA) is 84.3 Å². The number of aromatic hydroxyl groups is 1. The molecule has 150 valence electrons. The highest BCUT2D eigenvalue weighted by molar-refractivity contribution is 6.30. The van der Waals surface area contributed by atoms with Crippen LogP contribution in [-0.2, 0) is 0 Å². The van der Waals surface area contributed by atoms with E-state index in [-0.39, 0.29) is 28.6 Å². The molecule has 6 nitrogen and oxygen atoms in total. The largest absolute Gasteiger partial charge is 0.493 e. The number of aromatic nitrogens is 2. The molecule has 0 spiro atoms. The quantitative estimate of drug-likeness (QED) is 0.621. The zero-order valence-corrected chi connectivity index (χ0v) is 15.3. The molecule has 0 fully saturated rings. The molecule has 1 aromatic carbocycles. The van der Waals surface area contributed by atoms with Crippen molar-refractivity contribution in [2.75, 3.05) is 11.9 Å². The lowest BCUT2D eigenvalue weighted by Crippen LogP contribution is -2.20. The summed E-state index contributed by atoms with van der Waals surface area (Å²) in [5.74, 6) is -1.13. The molecule has 1 amide bonds. The summed E-state index contributed by atoms with van der Waals surface area (Å²) in [6, 6.07) is 10.3. The van der Waals surface area contributed by atoms with E-state index in [2.05, 4.69) is 15.3 Å². The lowest BCUT2D eigenvalue weighted by Gasteiger charge is -2.14. The van der Waals surface area contributed by atoms with Crippen molar-refractivity contribution >= 4 is 23.2 Å². The Labute approximate surface area is 167 Å². The summed E-state index contributed by atoms with van der Waals surface area (Å²) in [4.78, 5) is 19.8. The van der Waals surface area contributed by atoms with Gasteiger partial charge in [-0.2, -0.15) is 13.2 Å². The molecule has 3 aromatic rings. The molecule has 10 heteroatoms. The molecule has 29 heavy (non-hydrogen) atoms. The summed E-state index contributed by atoms with van der Waals surface area (Å²) in [7, 11) is 0. The lowest BCUT2D eigenvalue weighted by atomic mass is 10.1. The van der Waals surface area contributed by atoms with Crippen molar-refractivity contribution in [2.24, 2.45) is 0 Å². The third kappa shape index (κ3) is 5.58. The molecular weight excluding hydrogens is 411 g/mol. The Morgan fingerprint density at radius 2 is 1.86 bits per heavy atom. The van der Waals surface area contributed by atoms with Gasteiger partial charge in [-0.1, -0.05) is 23.7 Å². The van der Waals surface area contributed by atoms with Gasteiger partial charge in [0.1, 0.15) is 0 Å². The highest BCUT2D eigenvalue weighted by Crippen LogP contribution is 2.32. The van der Waals surface area contributed by atoms with Gasteiger partial charge in [-0.15, -0.1) is 0 Å². The van der Waals surface area contributed by atoms with E-state index in [1.165, 1.54) is 30.6 Å². The van der Waals surface area contributed by atoms with Crippen molar-refractivity contribution < 1.29 is 27.8 Å². The molecule has 0 aliphatic rings. The molecule has 3 rings (SSSR count). The van der Waals surface area contributed by atoms with Gasteiger partial charge in [0.15, 0.2) is 6.61 Å². The van der Waals surface area contributed by atoms with Crippen LogP contribution in [0.5, 0.6) is 11.8 Å². The molecule has 0 radical (unpaired) electrons. The van der Waals surface area contributed by atoms with Crippen LogP contribution in [0.15, 0.2) is 54.9 Å². The second-order valence-electron chi connectivity index (χ2n) is 5.84. The van der Waals surface area contributed by atoms with Gasteiger partial charge in [0.05, 0.1) is 11.9 Å². The monoisotopic (exact) mass is 423 g/mol. The van der Waals surface area contributed by atoms with E-state index in [1.54, 1.807) is 24.3 Å². The first-order valence-corrected chi connectivity index (χ1v) is 8.51. The number of pyridine rings is 2. The van der Waals surface area contributed by atoms with Crippen LogP contribution in [0.2, 0.25) is 5.02 Å². The van der Waals surface area contributed by atoms with E-state index in [9.17, 15) is 23.1 Å². The molecule has 0 bridgehead atoms. The van der Waals surface area contributed by atoms with Crippen LogP contribution in [0.1, 0.15) is 10.4 Å². The van der Waals surface area contributed by atoms with Crippen LogP contribution in [-0.4, -0.2) is 33.8 Å². The number of nitrogens with zero attached hydrogens (tertiary/aromatic N) is 2. The number of amides is 1. The van der Waals surface area contributed by atoms with Crippen molar-refractivity contribution in [1.82, 2.24) is 9.97 Å². The Bertz CT molecular complexity index is 1030. The van der Waals surface area contributed by atoms with Crippen molar-refractivity contribution in [3.8, 4) is 22.9 Å². The number of anilines is 1. The third-order valence-corrected chi connectivity index (χ3v) is 3.90. The standard InChI is InChI=1S/C19H13ClF3N3O3/c20-13-3-1-11(2-4-13)15-8-14(9-25-18(15)29-10-19(21,22)23)26-17(28)12-5-6-24-16(27)7-12/h1-9H,10H2,(H,24,27)(H,26,28). The Morgan fingerprint density at radius 3 is 2.52 bits per heavy atom. The number of halogens is 4.